The molecule has 2 heterocycles. The molecule has 0 saturated heterocycles. The molecule has 7 heteroatoms. The Balaban J connectivity index is 1.55. The second kappa shape index (κ2) is 9.62. The average Bonchev–Trinajstić information content (AvgIpc) is 3.17. The van der Waals surface area contributed by atoms with Gasteiger partial charge >= 0.3 is 0 Å². The van der Waals surface area contributed by atoms with Gasteiger partial charge in [-0.25, -0.2) is 0 Å². The molecule has 1 aliphatic rings. The molecule has 1 atom stereocenters. The van der Waals surface area contributed by atoms with Crippen LogP contribution < -0.4 is 9.47 Å². The minimum atomic E-state index is -1.03. The summed E-state index contributed by atoms with van der Waals surface area (Å²) in [4.78, 5) is 46.1. The Bertz CT molecular complexity index is 1460. The van der Waals surface area contributed by atoms with Gasteiger partial charge in [0.05, 0.1) is 30.9 Å². The van der Waals surface area contributed by atoms with Crippen molar-refractivity contribution in [1.29, 1.82) is 0 Å². The van der Waals surface area contributed by atoms with Crippen LogP contribution in [0.25, 0.3) is 10.9 Å². The van der Waals surface area contributed by atoms with E-state index in [0.717, 1.165) is 21.4 Å². The van der Waals surface area contributed by atoms with Crippen LogP contribution in [-0.4, -0.2) is 47.7 Å². The van der Waals surface area contributed by atoms with Crippen molar-refractivity contribution in [3.8, 4) is 11.5 Å². The van der Waals surface area contributed by atoms with Crippen LogP contribution in [0.1, 0.15) is 31.8 Å². The number of methoxy groups -OCH3 is 2. The van der Waals surface area contributed by atoms with Crippen molar-refractivity contribution >= 4 is 28.5 Å². The van der Waals surface area contributed by atoms with Crippen LogP contribution in [-0.2, 0) is 17.6 Å². The Kier molecular flexibility index (Phi) is 6.21. The first-order valence-corrected chi connectivity index (χ1v) is 11.5. The third-order valence-electron chi connectivity index (χ3n) is 6.50. The quantitative estimate of drug-likeness (QED) is 0.350. The van der Waals surface area contributed by atoms with Crippen molar-refractivity contribution in [1.82, 2.24) is 9.88 Å². The normalized spacial score (nSPS) is 13.6. The molecule has 0 aliphatic carbocycles. The van der Waals surface area contributed by atoms with Crippen molar-refractivity contribution in [3.63, 3.8) is 0 Å². The first-order valence-electron chi connectivity index (χ1n) is 11.5. The molecule has 1 aliphatic heterocycles. The predicted molar refractivity (Wildman–Crippen MR) is 134 cm³/mol. The van der Waals surface area contributed by atoms with E-state index in [4.69, 9.17) is 9.47 Å². The van der Waals surface area contributed by atoms with Crippen LogP contribution >= 0.6 is 0 Å². The van der Waals surface area contributed by atoms with Gasteiger partial charge in [-0.2, -0.15) is 0 Å². The lowest BCUT2D eigenvalue weighted by molar-refractivity contribution is -0.122. The van der Waals surface area contributed by atoms with Crippen molar-refractivity contribution in [3.05, 3.63) is 101 Å². The van der Waals surface area contributed by atoms with E-state index >= 15 is 0 Å². The number of ether oxygens (including phenoxy) is 2. The maximum absolute atomic E-state index is 13.9. The van der Waals surface area contributed by atoms with Gasteiger partial charge in [0.15, 0.2) is 5.78 Å². The molecule has 0 radical (unpaired) electrons. The Labute approximate surface area is 208 Å². The number of benzene rings is 3. The van der Waals surface area contributed by atoms with E-state index in [9.17, 15) is 14.4 Å². The van der Waals surface area contributed by atoms with Crippen LogP contribution in [0, 0.1) is 0 Å². The molecule has 36 heavy (non-hydrogen) atoms. The molecule has 3 aromatic carbocycles. The Morgan fingerprint density at radius 2 is 1.58 bits per heavy atom. The lowest BCUT2D eigenvalue weighted by atomic mass is 9.94. The SMILES string of the molecule is COc1ccc(C[C@@H](C(=O)Cc2cccc3cccnc23)N2C(=O)c3ccccc3C2=O)c(OC)c1. The summed E-state index contributed by atoms with van der Waals surface area (Å²) in [5.41, 5.74) is 2.74. The summed E-state index contributed by atoms with van der Waals surface area (Å²) in [6, 6.07) is 20.3. The molecule has 180 valence electrons. The number of Topliss-reactive ketones (excluding diaryl/α,β-unsaturated/α-hetero) is 1. The predicted octanol–water partition coefficient (Wildman–Crippen LogP) is 4.27. The van der Waals surface area contributed by atoms with Crippen molar-refractivity contribution in [2.75, 3.05) is 14.2 Å². The third kappa shape index (κ3) is 4.09. The minimum Gasteiger partial charge on any atom is -0.497 e. The number of carbonyl (C=O) groups excluding carboxylic acids is 3. The highest BCUT2D eigenvalue weighted by molar-refractivity contribution is 6.23. The number of rotatable bonds is 8. The Hall–Kier alpha value is -4.52. The summed E-state index contributed by atoms with van der Waals surface area (Å²) in [6.45, 7) is 0. The van der Waals surface area contributed by atoms with E-state index in [1.165, 1.54) is 7.11 Å². The maximum atomic E-state index is 13.9. The van der Waals surface area contributed by atoms with E-state index in [0.29, 0.717) is 28.2 Å². The van der Waals surface area contributed by atoms with E-state index < -0.39 is 17.9 Å². The molecule has 0 spiro atoms. The van der Waals surface area contributed by atoms with Crippen LogP contribution in [0.15, 0.2) is 79.0 Å². The number of hydrogen-bond acceptors (Lipinski definition) is 6. The molecular formula is C29H24N2O5. The number of aromatic nitrogens is 1. The molecular weight excluding hydrogens is 456 g/mol. The van der Waals surface area contributed by atoms with Crippen molar-refractivity contribution in [2.24, 2.45) is 0 Å². The van der Waals surface area contributed by atoms with Crippen molar-refractivity contribution < 1.29 is 23.9 Å². The molecule has 7 nitrogen and oxygen atoms in total. The fourth-order valence-electron chi connectivity index (χ4n) is 4.68. The van der Waals surface area contributed by atoms with Crippen LogP contribution in [0.3, 0.4) is 0 Å². The first-order chi connectivity index (χ1) is 17.5. The molecule has 0 bridgehead atoms. The fraction of sp³-hybridized carbons (Fsp3) is 0.172. The highest BCUT2D eigenvalue weighted by Crippen LogP contribution is 2.31. The van der Waals surface area contributed by atoms with Gasteiger partial charge in [0.1, 0.15) is 17.5 Å². The summed E-state index contributed by atoms with van der Waals surface area (Å²) in [7, 11) is 3.08. The number of carbonyl (C=O) groups is 3. The van der Waals surface area contributed by atoms with Gasteiger partial charge in [-0.1, -0.05) is 42.5 Å². The second-order valence-corrected chi connectivity index (χ2v) is 8.56. The standard InChI is InChI=1S/C29H24N2O5/c1-35-21-13-12-19(26(17-21)36-2)15-24(31-28(33)22-10-3-4-11-23(22)29(31)34)25(32)16-20-8-5-7-18-9-6-14-30-27(18)20/h3-14,17,24H,15-16H2,1-2H3/t24-/m0/s1. The lowest BCUT2D eigenvalue weighted by Gasteiger charge is -2.26. The number of ketones is 1. The van der Waals surface area contributed by atoms with Gasteiger partial charge in [-0.3, -0.25) is 24.3 Å². The number of imide groups is 1. The lowest BCUT2D eigenvalue weighted by Crippen LogP contribution is -2.46. The number of hydrogen-bond donors (Lipinski definition) is 0. The molecule has 5 rings (SSSR count). The van der Waals surface area contributed by atoms with Gasteiger partial charge < -0.3 is 9.47 Å². The largest absolute Gasteiger partial charge is 0.497 e. The van der Waals surface area contributed by atoms with Crippen LogP contribution in [0.2, 0.25) is 0 Å². The zero-order valence-corrected chi connectivity index (χ0v) is 19.9. The molecule has 0 N–H and O–H groups in total. The number of fused-ring (bicyclic) bond motifs is 2. The van der Waals surface area contributed by atoms with Crippen LogP contribution in [0.5, 0.6) is 11.5 Å². The van der Waals surface area contributed by atoms with Crippen molar-refractivity contribution in [2.45, 2.75) is 18.9 Å². The summed E-state index contributed by atoms with van der Waals surface area (Å²) in [5, 5.41) is 0.914. The summed E-state index contributed by atoms with van der Waals surface area (Å²) in [5.74, 6) is -0.105. The van der Waals surface area contributed by atoms with Crippen LogP contribution in [0.4, 0.5) is 0 Å². The number of para-hydroxylation sites is 1. The second-order valence-electron chi connectivity index (χ2n) is 8.56. The van der Waals surface area contributed by atoms with Gasteiger partial charge in [0.2, 0.25) is 0 Å². The highest BCUT2D eigenvalue weighted by Gasteiger charge is 2.42. The van der Waals surface area contributed by atoms with Gasteiger partial charge in [0, 0.05) is 30.5 Å². The van der Waals surface area contributed by atoms with E-state index in [2.05, 4.69) is 4.98 Å². The summed E-state index contributed by atoms with van der Waals surface area (Å²) < 4.78 is 10.8. The molecule has 2 amide bonds. The Morgan fingerprint density at radius 1 is 0.861 bits per heavy atom. The monoisotopic (exact) mass is 480 g/mol. The number of amides is 2. The van der Waals surface area contributed by atoms with Gasteiger partial charge in [0.25, 0.3) is 11.8 Å². The molecule has 4 aromatic rings. The average molecular weight is 481 g/mol. The zero-order chi connectivity index (χ0) is 25.2. The molecule has 0 saturated carbocycles. The third-order valence-corrected chi connectivity index (χ3v) is 6.50. The molecule has 1 aromatic heterocycles. The first kappa shape index (κ1) is 23.2. The number of nitrogens with zero attached hydrogens (tertiary/aromatic N) is 2. The Morgan fingerprint density at radius 3 is 2.28 bits per heavy atom. The smallest absolute Gasteiger partial charge is 0.262 e. The maximum Gasteiger partial charge on any atom is 0.262 e. The number of pyridine rings is 1. The van der Waals surface area contributed by atoms with Gasteiger partial charge in [-0.15, -0.1) is 0 Å². The zero-order valence-electron chi connectivity index (χ0n) is 19.9. The topological polar surface area (TPSA) is 85.8 Å². The fourth-order valence-corrected chi connectivity index (χ4v) is 4.68. The minimum absolute atomic E-state index is 0.0187. The summed E-state index contributed by atoms with van der Waals surface area (Å²) in [6.07, 6.45) is 1.81. The van der Waals surface area contributed by atoms with E-state index in [1.807, 2.05) is 30.3 Å². The molecule has 0 fully saturated rings. The van der Waals surface area contributed by atoms with Gasteiger partial charge in [-0.05, 0) is 35.4 Å². The molecule has 0 unspecified atom stereocenters. The highest BCUT2D eigenvalue weighted by atomic mass is 16.5. The summed E-state index contributed by atoms with van der Waals surface area (Å²) >= 11 is 0. The van der Waals surface area contributed by atoms with E-state index in [-0.39, 0.29) is 18.6 Å². The van der Waals surface area contributed by atoms with E-state index in [1.54, 1.807) is 55.8 Å².